The third-order valence-electron chi connectivity index (χ3n) is 3.17. The second-order valence-corrected chi connectivity index (χ2v) is 7.41. The first-order valence-electron chi connectivity index (χ1n) is 5.85. The number of nitrogens with one attached hydrogen (secondary N) is 1. The van der Waals surface area contributed by atoms with E-state index in [9.17, 15) is 13.2 Å². The lowest BCUT2D eigenvalue weighted by atomic mass is 9.83. The van der Waals surface area contributed by atoms with E-state index in [1.54, 1.807) is 0 Å². The van der Waals surface area contributed by atoms with Gasteiger partial charge < -0.3 is 5.11 Å². The average molecular weight is 348 g/mol. The van der Waals surface area contributed by atoms with Crippen LogP contribution in [0.3, 0.4) is 0 Å². The summed E-state index contributed by atoms with van der Waals surface area (Å²) in [6, 6.07) is 3.94. The van der Waals surface area contributed by atoms with E-state index in [-0.39, 0.29) is 16.5 Å². The maximum Gasteiger partial charge on any atom is 0.336 e. The lowest BCUT2D eigenvalue weighted by molar-refractivity contribution is 0.0695. The van der Waals surface area contributed by atoms with Gasteiger partial charge >= 0.3 is 5.97 Å². The normalized spacial score (nSPS) is 22.8. The van der Waals surface area contributed by atoms with E-state index in [1.807, 2.05) is 0 Å². The lowest BCUT2D eigenvalue weighted by Gasteiger charge is -2.32. The first-order valence-corrected chi connectivity index (χ1v) is 8.12. The minimum absolute atomic E-state index is 0.0207. The van der Waals surface area contributed by atoms with E-state index >= 15 is 0 Å². The third-order valence-corrected chi connectivity index (χ3v) is 5.38. The fraction of sp³-hybridized carbons (Fsp3) is 0.417. The van der Waals surface area contributed by atoms with Gasteiger partial charge in [-0.25, -0.2) is 17.9 Å². The molecule has 0 spiro atoms. The van der Waals surface area contributed by atoms with Crippen molar-refractivity contribution in [1.82, 2.24) is 4.72 Å². The zero-order chi connectivity index (χ0) is 14.2. The summed E-state index contributed by atoms with van der Waals surface area (Å²) >= 11 is 3.09. The van der Waals surface area contributed by atoms with Gasteiger partial charge in [0, 0.05) is 10.5 Å². The first kappa shape index (κ1) is 14.5. The minimum atomic E-state index is -3.65. The van der Waals surface area contributed by atoms with Crippen molar-refractivity contribution >= 4 is 31.9 Å². The van der Waals surface area contributed by atoms with Crippen LogP contribution >= 0.6 is 15.9 Å². The van der Waals surface area contributed by atoms with Gasteiger partial charge in [0.1, 0.15) is 0 Å². The summed E-state index contributed by atoms with van der Waals surface area (Å²) in [5.41, 5.74) is -0.0650. The Morgan fingerprint density at radius 1 is 1.42 bits per heavy atom. The van der Waals surface area contributed by atoms with Gasteiger partial charge in [-0.05, 0) is 52.9 Å². The zero-order valence-corrected chi connectivity index (χ0v) is 12.7. The standard InChI is InChI=1S/C12H14BrNO4S/c1-7-4-8(5-7)14-19(17,18)9-2-3-11(13)10(6-9)12(15)16/h2-3,6-8,14H,4-5H2,1H3,(H,15,16). The summed E-state index contributed by atoms with van der Waals surface area (Å²) in [6.45, 7) is 2.06. The van der Waals surface area contributed by atoms with Crippen molar-refractivity contribution in [3.63, 3.8) is 0 Å². The number of halogens is 1. The maximum absolute atomic E-state index is 12.1. The molecule has 0 aliphatic heterocycles. The molecule has 1 fully saturated rings. The van der Waals surface area contributed by atoms with Crippen LogP contribution in [0.4, 0.5) is 0 Å². The molecule has 0 heterocycles. The fourth-order valence-corrected chi connectivity index (χ4v) is 3.83. The summed E-state index contributed by atoms with van der Waals surface area (Å²) in [7, 11) is -3.65. The number of carbonyl (C=O) groups is 1. The minimum Gasteiger partial charge on any atom is -0.478 e. The quantitative estimate of drug-likeness (QED) is 0.874. The van der Waals surface area contributed by atoms with E-state index in [0.717, 1.165) is 18.9 Å². The molecule has 104 valence electrons. The third kappa shape index (κ3) is 3.16. The molecule has 19 heavy (non-hydrogen) atoms. The largest absolute Gasteiger partial charge is 0.478 e. The SMILES string of the molecule is CC1CC(NS(=O)(=O)c2ccc(Br)c(C(=O)O)c2)C1. The Labute approximate surface area is 120 Å². The Kier molecular flexibility index (Phi) is 3.98. The number of hydrogen-bond acceptors (Lipinski definition) is 3. The molecule has 0 bridgehead atoms. The number of hydrogen-bond donors (Lipinski definition) is 2. The number of carboxylic acid groups (broad SMARTS) is 1. The van der Waals surface area contributed by atoms with Crippen molar-refractivity contribution < 1.29 is 18.3 Å². The number of benzene rings is 1. The molecule has 2 rings (SSSR count). The number of rotatable bonds is 4. The van der Waals surface area contributed by atoms with Crippen LogP contribution in [-0.2, 0) is 10.0 Å². The molecule has 0 amide bonds. The number of aromatic carboxylic acids is 1. The second-order valence-electron chi connectivity index (χ2n) is 4.84. The smallest absolute Gasteiger partial charge is 0.336 e. The molecule has 1 saturated carbocycles. The van der Waals surface area contributed by atoms with E-state index in [4.69, 9.17) is 5.11 Å². The van der Waals surface area contributed by atoms with Gasteiger partial charge in [-0.2, -0.15) is 0 Å². The van der Waals surface area contributed by atoms with Crippen molar-refractivity contribution in [2.24, 2.45) is 5.92 Å². The van der Waals surface area contributed by atoms with Crippen LogP contribution in [0.1, 0.15) is 30.1 Å². The molecule has 0 atom stereocenters. The second kappa shape index (κ2) is 5.22. The van der Waals surface area contributed by atoms with Crippen LogP contribution in [0.15, 0.2) is 27.6 Å². The average Bonchev–Trinajstić information content (AvgIpc) is 2.26. The highest BCUT2D eigenvalue weighted by atomic mass is 79.9. The predicted molar refractivity (Wildman–Crippen MR) is 73.6 cm³/mol. The molecular formula is C12H14BrNO4S. The van der Waals surface area contributed by atoms with E-state index in [0.29, 0.717) is 10.4 Å². The molecule has 0 aromatic heterocycles. The summed E-state index contributed by atoms with van der Waals surface area (Å²) < 4.78 is 27.2. The molecule has 0 unspecified atom stereocenters. The molecule has 0 saturated heterocycles. The Hall–Kier alpha value is -0.920. The first-order chi connectivity index (χ1) is 8.79. The Morgan fingerprint density at radius 3 is 2.58 bits per heavy atom. The number of sulfonamides is 1. The van der Waals surface area contributed by atoms with Crippen LogP contribution in [0.25, 0.3) is 0 Å². The summed E-state index contributed by atoms with van der Waals surface area (Å²) in [4.78, 5) is 11.0. The molecule has 7 heteroatoms. The van der Waals surface area contributed by atoms with Gasteiger partial charge in [-0.1, -0.05) is 6.92 Å². The summed E-state index contributed by atoms with van der Waals surface area (Å²) in [5, 5.41) is 8.98. The van der Waals surface area contributed by atoms with Gasteiger partial charge in [0.2, 0.25) is 10.0 Å². The van der Waals surface area contributed by atoms with Crippen LogP contribution < -0.4 is 4.72 Å². The van der Waals surface area contributed by atoms with Crippen LogP contribution in [0, 0.1) is 5.92 Å². The van der Waals surface area contributed by atoms with E-state index < -0.39 is 16.0 Å². The van der Waals surface area contributed by atoms with E-state index in [1.165, 1.54) is 12.1 Å². The highest BCUT2D eigenvalue weighted by Crippen LogP contribution is 2.28. The van der Waals surface area contributed by atoms with Crippen molar-refractivity contribution in [2.45, 2.75) is 30.7 Å². The molecular weight excluding hydrogens is 334 g/mol. The fourth-order valence-electron chi connectivity index (χ4n) is 2.12. The van der Waals surface area contributed by atoms with Crippen molar-refractivity contribution in [2.75, 3.05) is 0 Å². The van der Waals surface area contributed by atoms with Crippen molar-refractivity contribution in [3.05, 3.63) is 28.2 Å². The van der Waals surface area contributed by atoms with Gasteiger partial charge in [-0.3, -0.25) is 0 Å². The molecule has 2 N–H and O–H groups in total. The molecule has 5 nitrogen and oxygen atoms in total. The van der Waals surface area contributed by atoms with Gasteiger partial charge in [-0.15, -0.1) is 0 Å². The Bertz CT molecular complexity index is 608. The predicted octanol–water partition coefficient (Wildman–Crippen LogP) is 2.22. The van der Waals surface area contributed by atoms with Crippen molar-refractivity contribution in [3.8, 4) is 0 Å². The molecule has 1 aromatic carbocycles. The summed E-state index contributed by atoms with van der Waals surface area (Å²) in [5.74, 6) is -0.631. The van der Waals surface area contributed by atoms with Crippen LogP contribution in [0.5, 0.6) is 0 Å². The molecule has 0 radical (unpaired) electrons. The Morgan fingerprint density at radius 2 is 2.05 bits per heavy atom. The lowest BCUT2D eigenvalue weighted by Crippen LogP contribution is -2.43. The molecule has 1 aliphatic carbocycles. The summed E-state index contributed by atoms with van der Waals surface area (Å²) in [6.07, 6.45) is 1.64. The van der Waals surface area contributed by atoms with Gasteiger partial charge in [0.05, 0.1) is 10.5 Å². The highest BCUT2D eigenvalue weighted by molar-refractivity contribution is 9.10. The van der Waals surface area contributed by atoms with E-state index in [2.05, 4.69) is 27.6 Å². The van der Waals surface area contributed by atoms with Crippen LogP contribution in [0.2, 0.25) is 0 Å². The van der Waals surface area contributed by atoms with Gasteiger partial charge in [0.15, 0.2) is 0 Å². The Balaban J connectivity index is 2.25. The van der Waals surface area contributed by atoms with Crippen molar-refractivity contribution in [1.29, 1.82) is 0 Å². The van der Waals surface area contributed by atoms with Gasteiger partial charge in [0.25, 0.3) is 0 Å². The maximum atomic E-state index is 12.1. The topological polar surface area (TPSA) is 83.5 Å². The number of carboxylic acids is 1. The highest BCUT2D eigenvalue weighted by Gasteiger charge is 2.30. The molecule has 1 aliphatic rings. The molecule has 1 aromatic rings. The van der Waals surface area contributed by atoms with Crippen LogP contribution in [-0.4, -0.2) is 25.5 Å². The monoisotopic (exact) mass is 347 g/mol. The zero-order valence-electron chi connectivity index (χ0n) is 10.3.